The first-order valence-electron chi connectivity index (χ1n) is 7.62. The molecule has 0 aliphatic heterocycles. The molecule has 112 valence electrons. The maximum absolute atomic E-state index is 12.7. The first-order chi connectivity index (χ1) is 10.1. The number of hydrogen-bond acceptors (Lipinski definition) is 2. The fourth-order valence-corrected chi connectivity index (χ4v) is 2.22. The zero-order chi connectivity index (χ0) is 15.2. The Hall–Kier alpha value is -1.79. The second-order valence-electron chi connectivity index (χ2n) is 5.85. The van der Waals surface area contributed by atoms with Crippen LogP contribution in [0.25, 0.3) is 0 Å². The van der Waals surface area contributed by atoms with E-state index in [1.54, 1.807) is 0 Å². The number of amides is 1. The molecule has 1 aliphatic rings. The number of aliphatic hydroxyl groups is 1. The lowest BCUT2D eigenvalue weighted by Crippen LogP contribution is -2.38. The molecule has 0 radical (unpaired) electrons. The van der Waals surface area contributed by atoms with Crippen molar-refractivity contribution in [1.29, 1.82) is 0 Å². The van der Waals surface area contributed by atoms with Gasteiger partial charge in [-0.3, -0.25) is 4.79 Å². The van der Waals surface area contributed by atoms with Gasteiger partial charge < -0.3 is 10.0 Å². The van der Waals surface area contributed by atoms with E-state index in [0.29, 0.717) is 17.9 Å². The summed E-state index contributed by atoms with van der Waals surface area (Å²) in [5.74, 6) is 6.64. The maximum atomic E-state index is 12.7. The fraction of sp³-hybridized carbons (Fsp3) is 0.500. The van der Waals surface area contributed by atoms with Crippen LogP contribution >= 0.6 is 0 Å². The predicted octanol–water partition coefficient (Wildman–Crippen LogP) is 2.68. The highest BCUT2D eigenvalue weighted by Gasteiger charge is 2.28. The molecular weight excluding hydrogens is 262 g/mol. The normalized spacial score (nSPS) is 13.7. The molecule has 1 N–H and O–H groups in total. The lowest BCUT2D eigenvalue weighted by atomic mass is 10.1. The number of nitrogens with zero attached hydrogens (tertiary/aromatic N) is 1. The van der Waals surface area contributed by atoms with Crippen LogP contribution in [0.15, 0.2) is 24.3 Å². The predicted molar refractivity (Wildman–Crippen MR) is 83.9 cm³/mol. The van der Waals surface area contributed by atoms with Crippen molar-refractivity contribution in [2.24, 2.45) is 5.92 Å². The van der Waals surface area contributed by atoms with Crippen molar-refractivity contribution in [3.05, 3.63) is 35.4 Å². The van der Waals surface area contributed by atoms with Crippen molar-refractivity contribution in [2.75, 3.05) is 13.2 Å². The molecule has 0 aromatic heterocycles. The third-order valence-corrected chi connectivity index (χ3v) is 3.62. The highest BCUT2D eigenvalue weighted by atomic mass is 16.2. The molecule has 2 rings (SSSR count). The SMILES string of the molecule is CC(C)N(CC1CC1)C(=O)c1cccc(C#CCCO)c1. The Bertz CT molecular complexity index is 550. The Morgan fingerprint density at radius 2 is 2.19 bits per heavy atom. The van der Waals surface area contributed by atoms with Gasteiger partial charge in [-0.15, -0.1) is 0 Å². The van der Waals surface area contributed by atoms with Crippen molar-refractivity contribution in [2.45, 2.75) is 39.2 Å². The number of carbonyl (C=O) groups excluding carboxylic acids is 1. The van der Waals surface area contributed by atoms with Crippen LogP contribution < -0.4 is 0 Å². The summed E-state index contributed by atoms with van der Waals surface area (Å²) in [5.41, 5.74) is 1.52. The average molecular weight is 285 g/mol. The molecule has 3 heteroatoms. The molecular formula is C18H23NO2. The minimum absolute atomic E-state index is 0.0636. The summed E-state index contributed by atoms with van der Waals surface area (Å²) in [7, 11) is 0. The van der Waals surface area contributed by atoms with Crippen LogP contribution in [0.1, 0.15) is 49.0 Å². The van der Waals surface area contributed by atoms with Gasteiger partial charge in [-0.2, -0.15) is 0 Å². The molecule has 0 spiro atoms. The Morgan fingerprint density at radius 1 is 1.43 bits per heavy atom. The molecule has 1 aliphatic carbocycles. The Kier molecular flexibility index (Phi) is 5.41. The average Bonchev–Trinajstić information content (AvgIpc) is 3.28. The van der Waals surface area contributed by atoms with Gasteiger partial charge in [0, 0.05) is 30.1 Å². The van der Waals surface area contributed by atoms with Crippen molar-refractivity contribution < 1.29 is 9.90 Å². The first-order valence-corrected chi connectivity index (χ1v) is 7.62. The highest BCUT2D eigenvalue weighted by Crippen LogP contribution is 2.30. The number of rotatable bonds is 5. The van der Waals surface area contributed by atoms with Gasteiger partial charge in [-0.25, -0.2) is 0 Å². The molecule has 0 saturated heterocycles. The van der Waals surface area contributed by atoms with Crippen LogP contribution in [0, 0.1) is 17.8 Å². The topological polar surface area (TPSA) is 40.5 Å². The van der Waals surface area contributed by atoms with Crippen LogP contribution in [-0.4, -0.2) is 35.1 Å². The minimum atomic E-state index is 0.0636. The molecule has 1 saturated carbocycles. The number of benzene rings is 1. The van der Waals surface area contributed by atoms with Crippen LogP contribution in [0.2, 0.25) is 0 Å². The number of carbonyl (C=O) groups is 1. The van der Waals surface area contributed by atoms with Gasteiger partial charge in [-0.05, 0) is 50.8 Å². The number of hydrogen-bond donors (Lipinski definition) is 1. The summed E-state index contributed by atoms with van der Waals surface area (Å²) in [6, 6.07) is 7.66. The zero-order valence-corrected chi connectivity index (χ0v) is 12.8. The zero-order valence-electron chi connectivity index (χ0n) is 12.8. The van der Waals surface area contributed by atoms with Gasteiger partial charge in [0.05, 0.1) is 6.61 Å². The van der Waals surface area contributed by atoms with Gasteiger partial charge in [0.1, 0.15) is 0 Å². The summed E-state index contributed by atoms with van der Waals surface area (Å²) >= 11 is 0. The lowest BCUT2D eigenvalue weighted by Gasteiger charge is -2.27. The monoisotopic (exact) mass is 285 g/mol. The largest absolute Gasteiger partial charge is 0.395 e. The Morgan fingerprint density at radius 3 is 2.81 bits per heavy atom. The van der Waals surface area contributed by atoms with E-state index in [-0.39, 0.29) is 18.6 Å². The van der Waals surface area contributed by atoms with E-state index in [2.05, 4.69) is 25.7 Å². The van der Waals surface area contributed by atoms with Crippen LogP contribution in [0.5, 0.6) is 0 Å². The summed E-state index contributed by atoms with van der Waals surface area (Å²) in [5, 5.41) is 8.75. The van der Waals surface area contributed by atoms with Crippen LogP contribution in [0.3, 0.4) is 0 Å². The molecule has 0 bridgehead atoms. The fourth-order valence-electron chi connectivity index (χ4n) is 2.22. The molecule has 0 heterocycles. The van der Waals surface area contributed by atoms with Crippen molar-refractivity contribution in [3.63, 3.8) is 0 Å². The minimum Gasteiger partial charge on any atom is -0.395 e. The van der Waals surface area contributed by atoms with Crippen LogP contribution in [-0.2, 0) is 0 Å². The highest BCUT2D eigenvalue weighted by molar-refractivity contribution is 5.94. The van der Waals surface area contributed by atoms with E-state index >= 15 is 0 Å². The van der Waals surface area contributed by atoms with E-state index < -0.39 is 0 Å². The smallest absolute Gasteiger partial charge is 0.254 e. The molecule has 1 fully saturated rings. The van der Waals surface area contributed by atoms with E-state index in [0.717, 1.165) is 12.1 Å². The summed E-state index contributed by atoms with van der Waals surface area (Å²) < 4.78 is 0. The van der Waals surface area contributed by atoms with E-state index in [1.165, 1.54) is 12.8 Å². The summed E-state index contributed by atoms with van der Waals surface area (Å²) in [6.07, 6.45) is 2.93. The maximum Gasteiger partial charge on any atom is 0.254 e. The summed E-state index contributed by atoms with van der Waals surface area (Å²) in [6.45, 7) is 5.04. The standard InChI is InChI=1S/C18H23NO2/c1-14(2)19(13-16-9-10-16)18(21)17-8-5-7-15(12-17)6-3-4-11-20/h5,7-8,12,14,16,20H,4,9-11,13H2,1-2H3. The quantitative estimate of drug-likeness (QED) is 0.845. The van der Waals surface area contributed by atoms with Crippen LogP contribution in [0.4, 0.5) is 0 Å². The molecule has 21 heavy (non-hydrogen) atoms. The van der Waals surface area contributed by atoms with Gasteiger partial charge in [0.25, 0.3) is 5.91 Å². The van der Waals surface area contributed by atoms with Crippen molar-refractivity contribution in [3.8, 4) is 11.8 Å². The van der Waals surface area contributed by atoms with E-state index in [9.17, 15) is 4.79 Å². The molecule has 1 aromatic rings. The summed E-state index contributed by atoms with van der Waals surface area (Å²) in [4.78, 5) is 14.6. The van der Waals surface area contributed by atoms with Gasteiger partial charge in [0.15, 0.2) is 0 Å². The van der Waals surface area contributed by atoms with Crippen molar-refractivity contribution >= 4 is 5.91 Å². The molecule has 1 aromatic carbocycles. The van der Waals surface area contributed by atoms with E-state index in [4.69, 9.17) is 5.11 Å². The Balaban J connectivity index is 2.13. The first kappa shape index (κ1) is 15.6. The molecule has 3 nitrogen and oxygen atoms in total. The lowest BCUT2D eigenvalue weighted by molar-refractivity contribution is 0.0696. The molecule has 0 unspecified atom stereocenters. The van der Waals surface area contributed by atoms with Gasteiger partial charge >= 0.3 is 0 Å². The Labute approximate surface area is 127 Å². The van der Waals surface area contributed by atoms with Gasteiger partial charge in [0.2, 0.25) is 0 Å². The molecule has 0 atom stereocenters. The second-order valence-corrected chi connectivity index (χ2v) is 5.85. The second kappa shape index (κ2) is 7.28. The third kappa shape index (κ3) is 4.61. The number of aliphatic hydroxyl groups excluding tert-OH is 1. The third-order valence-electron chi connectivity index (χ3n) is 3.62. The van der Waals surface area contributed by atoms with E-state index in [1.807, 2.05) is 29.2 Å². The van der Waals surface area contributed by atoms with Gasteiger partial charge in [-0.1, -0.05) is 17.9 Å². The molecule has 1 amide bonds. The van der Waals surface area contributed by atoms with Crippen molar-refractivity contribution in [1.82, 2.24) is 4.90 Å².